The molecular formula is C21H26N8O. The molecule has 0 aliphatic carbocycles. The van der Waals surface area contributed by atoms with Crippen molar-refractivity contribution >= 4 is 16.7 Å². The normalized spacial score (nSPS) is 12.3. The number of hydrogen-bond acceptors (Lipinski definition) is 7. The molecule has 4 aromatic rings. The molecule has 0 bridgehead atoms. The van der Waals surface area contributed by atoms with Gasteiger partial charge >= 0.3 is 0 Å². The summed E-state index contributed by atoms with van der Waals surface area (Å²) in [6.07, 6.45) is 4.22. The molecule has 4 aromatic heterocycles. The van der Waals surface area contributed by atoms with Gasteiger partial charge in [0.05, 0.1) is 30.2 Å². The predicted octanol–water partition coefficient (Wildman–Crippen LogP) is 3.90. The van der Waals surface area contributed by atoms with E-state index < -0.39 is 0 Å². The minimum atomic E-state index is 0.244. The Morgan fingerprint density at radius 1 is 1.27 bits per heavy atom. The molecule has 0 saturated heterocycles. The number of fused-ring (bicyclic) bond motifs is 1. The van der Waals surface area contributed by atoms with Crippen LogP contribution < -0.4 is 10.1 Å². The predicted molar refractivity (Wildman–Crippen MR) is 115 cm³/mol. The Labute approximate surface area is 174 Å². The summed E-state index contributed by atoms with van der Waals surface area (Å²) in [4.78, 5) is 13.7. The summed E-state index contributed by atoms with van der Waals surface area (Å²) in [6, 6.07) is 6.02. The number of hydrogen-bond donors (Lipinski definition) is 2. The number of H-pyrrole nitrogens is 1. The molecule has 0 aliphatic rings. The fourth-order valence-electron chi connectivity index (χ4n) is 3.38. The van der Waals surface area contributed by atoms with Gasteiger partial charge in [-0.2, -0.15) is 10.2 Å². The van der Waals surface area contributed by atoms with Gasteiger partial charge in [0.2, 0.25) is 0 Å². The lowest BCUT2D eigenvalue weighted by Crippen LogP contribution is -2.09. The molecule has 1 atom stereocenters. The van der Waals surface area contributed by atoms with Crippen LogP contribution in [0.1, 0.15) is 44.8 Å². The monoisotopic (exact) mass is 406 g/mol. The molecule has 0 unspecified atom stereocenters. The maximum absolute atomic E-state index is 5.79. The Hall–Kier alpha value is -3.49. The van der Waals surface area contributed by atoms with E-state index in [-0.39, 0.29) is 6.04 Å². The number of nitrogens with zero attached hydrogens (tertiary/aromatic N) is 6. The molecule has 2 N–H and O–H groups in total. The van der Waals surface area contributed by atoms with E-state index in [1.165, 1.54) is 6.33 Å². The molecule has 4 heterocycles. The number of ether oxygens (including phenoxy) is 1. The fraction of sp³-hybridized carbons (Fsp3) is 0.381. The third kappa shape index (κ3) is 3.70. The largest absolute Gasteiger partial charge is 0.492 e. The van der Waals surface area contributed by atoms with E-state index in [2.05, 4.69) is 39.3 Å². The minimum absolute atomic E-state index is 0.244. The van der Waals surface area contributed by atoms with Crippen molar-refractivity contribution in [1.82, 2.24) is 34.9 Å². The summed E-state index contributed by atoms with van der Waals surface area (Å²) in [6.45, 7) is 9.32. The Kier molecular flexibility index (Phi) is 5.60. The van der Waals surface area contributed by atoms with E-state index in [1.54, 1.807) is 6.20 Å². The quantitative estimate of drug-likeness (QED) is 0.457. The van der Waals surface area contributed by atoms with Crippen LogP contribution in [0.5, 0.6) is 5.75 Å². The van der Waals surface area contributed by atoms with Crippen LogP contribution in [-0.4, -0.2) is 41.5 Å². The number of pyridine rings is 2. The SMILES string of the molecule is CCOc1cccnc1-c1cc(NCc2ncn[nH]2)c2c(n1)c(C)nn2[C@@H](C)CC. The summed E-state index contributed by atoms with van der Waals surface area (Å²) < 4.78 is 7.83. The van der Waals surface area contributed by atoms with E-state index in [1.807, 2.05) is 36.7 Å². The highest BCUT2D eigenvalue weighted by Crippen LogP contribution is 2.34. The van der Waals surface area contributed by atoms with Gasteiger partial charge in [0.1, 0.15) is 34.6 Å². The first kappa shape index (κ1) is 19.8. The van der Waals surface area contributed by atoms with Crippen molar-refractivity contribution in [3.8, 4) is 17.1 Å². The number of aromatic nitrogens is 7. The van der Waals surface area contributed by atoms with E-state index in [0.29, 0.717) is 24.6 Å². The zero-order valence-electron chi connectivity index (χ0n) is 17.7. The highest BCUT2D eigenvalue weighted by Gasteiger charge is 2.20. The number of rotatable bonds is 8. The van der Waals surface area contributed by atoms with E-state index in [9.17, 15) is 0 Å². The van der Waals surface area contributed by atoms with Crippen LogP contribution in [0, 0.1) is 6.92 Å². The summed E-state index contributed by atoms with van der Waals surface area (Å²) in [5.74, 6) is 1.46. The number of aromatic amines is 1. The van der Waals surface area contributed by atoms with E-state index in [0.717, 1.165) is 40.4 Å². The molecule has 0 spiro atoms. The van der Waals surface area contributed by atoms with Gasteiger partial charge in [-0.25, -0.2) is 9.97 Å². The lowest BCUT2D eigenvalue weighted by Gasteiger charge is -2.15. The van der Waals surface area contributed by atoms with Crippen LogP contribution in [-0.2, 0) is 6.54 Å². The average molecular weight is 406 g/mol. The van der Waals surface area contributed by atoms with Crippen molar-refractivity contribution in [2.75, 3.05) is 11.9 Å². The van der Waals surface area contributed by atoms with Gasteiger partial charge in [-0.1, -0.05) is 6.92 Å². The molecule has 0 fully saturated rings. The summed E-state index contributed by atoms with van der Waals surface area (Å²) in [7, 11) is 0. The number of nitrogens with one attached hydrogen (secondary N) is 2. The van der Waals surface area contributed by atoms with Gasteiger partial charge in [-0.3, -0.25) is 14.8 Å². The first-order chi connectivity index (χ1) is 14.6. The van der Waals surface area contributed by atoms with Gasteiger partial charge in [-0.05, 0) is 45.4 Å². The fourth-order valence-corrected chi connectivity index (χ4v) is 3.38. The number of aryl methyl sites for hydroxylation is 1. The Morgan fingerprint density at radius 3 is 2.87 bits per heavy atom. The molecule has 0 saturated carbocycles. The molecule has 0 aliphatic heterocycles. The van der Waals surface area contributed by atoms with E-state index in [4.69, 9.17) is 14.8 Å². The topological polar surface area (TPSA) is 106 Å². The molecule has 0 aromatic carbocycles. The molecule has 9 heteroatoms. The number of anilines is 1. The Bertz CT molecular complexity index is 1140. The van der Waals surface area contributed by atoms with Crippen molar-refractivity contribution in [1.29, 1.82) is 0 Å². The molecule has 4 rings (SSSR count). The molecule has 9 nitrogen and oxygen atoms in total. The van der Waals surface area contributed by atoms with Crippen LogP contribution in [0.3, 0.4) is 0 Å². The van der Waals surface area contributed by atoms with Gasteiger partial charge in [0.15, 0.2) is 0 Å². The standard InChI is InChI=1S/C21H26N8O/c1-5-13(3)29-21-16(23-11-18-24-12-25-27-18)10-15(26-19(21)14(4)28-29)20-17(30-6-2)8-7-9-22-20/h7-10,12-13H,5-6,11H2,1-4H3,(H,23,26)(H,24,25,27)/t13-/m0/s1. The third-order valence-electron chi connectivity index (χ3n) is 5.05. The first-order valence-corrected chi connectivity index (χ1v) is 10.2. The maximum atomic E-state index is 5.79. The summed E-state index contributed by atoms with van der Waals surface area (Å²) in [5.41, 5.74) is 5.06. The van der Waals surface area contributed by atoms with Gasteiger partial charge in [0.25, 0.3) is 0 Å². The van der Waals surface area contributed by atoms with Gasteiger partial charge in [-0.15, -0.1) is 0 Å². The van der Waals surface area contributed by atoms with Crippen LogP contribution in [0.4, 0.5) is 5.69 Å². The van der Waals surface area contributed by atoms with Gasteiger partial charge in [0, 0.05) is 12.2 Å². The minimum Gasteiger partial charge on any atom is -0.492 e. The molecule has 30 heavy (non-hydrogen) atoms. The highest BCUT2D eigenvalue weighted by atomic mass is 16.5. The smallest absolute Gasteiger partial charge is 0.147 e. The Balaban J connectivity index is 1.88. The molecule has 0 amide bonds. The van der Waals surface area contributed by atoms with E-state index >= 15 is 0 Å². The molecule has 0 radical (unpaired) electrons. The molecule has 156 valence electrons. The van der Waals surface area contributed by atoms with Crippen LogP contribution >= 0.6 is 0 Å². The second-order valence-corrected chi connectivity index (χ2v) is 7.11. The van der Waals surface area contributed by atoms with Crippen molar-refractivity contribution in [3.63, 3.8) is 0 Å². The second kappa shape index (κ2) is 8.48. The Morgan fingerprint density at radius 2 is 2.13 bits per heavy atom. The lowest BCUT2D eigenvalue weighted by atomic mass is 10.1. The van der Waals surface area contributed by atoms with Crippen molar-refractivity contribution in [2.24, 2.45) is 0 Å². The van der Waals surface area contributed by atoms with Crippen LogP contribution in [0.25, 0.3) is 22.4 Å². The molecular weight excluding hydrogens is 380 g/mol. The van der Waals surface area contributed by atoms with Crippen molar-refractivity contribution in [3.05, 3.63) is 42.2 Å². The van der Waals surface area contributed by atoms with Crippen LogP contribution in [0.2, 0.25) is 0 Å². The van der Waals surface area contributed by atoms with Gasteiger partial charge < -0.3 is 10.1 Å². The van der Waals surface area contributed by atoms with Crippen molar-refractivity contribution in [2.45, 2.75) is 46.7 Å². The first-order valence-electron chi connectivity index (χ1n) is 10.2. The summed E-state index contributed by atoms with van der Waals surface area (Å²) in [5, 5.41) is 15.1. The average Bonchev–Trinajstić information content (AvgIpc) is 3.40. The summed E-state index contributed by atoms with van der Waals surface area (Å²) >= 11 is 0. The zero-order valence-corrected chi connectivity index (χ0v) is 17.7. The lowest BCUT2D eigenvalue weighted by molar-refractivity contribution is 0.340. The zero-order chi connectivity index (χ0) is 21.1. The second-order valence-electron chi connectivity index (χ2n) is 7.11. The van der Waals surface area contributed by atoms with Crippen LogP contribution in [0.15, 0.2) is 30.7 Å². The maximum Gasteiger partial charge on any atom is 0.147 e. The highest BCUT2D eigenvalue weighted by molar-refractivity contribution is 5.92. The third-order valence-corrected chi connectivity index (χ3v) is 5.05. The van der Waals surface area contributed by atoms with Crippen molar-refractivity contribution < 1.29 is 4.74 Å².